The largest absolute Gasteiger partial charge is 0.370 e. The number of hydrogen-bond acceptors (Lipinski definition) is 5. The van der Waals surface area contributed by atoms with E-state index in [0.717, 1.165) is 31.1 Å². The van der Waals surface area contributed by atoms with Gasteiger partial charge in [0.05, 0.1) is 6.54 Å². The van der Waals surface area contributed by atoms with E-state index in [0.29, 0.717) is 12.4 Å². The highest BCUT2D eigenvalue weighted by Gasteiger charge is 2.12. The number of nitrogens with one attached hydrogen (secondary N) is 2. The van der Waals surface area contributed by atoms with Crippen LogP contribution in [0.25, 0.3) is 0 Å². The van der Waals surface area contributed by atoms with Crippen LogP contribution in [0, 0.1) is 6.92 Å². The van der Waals surface area contributed by atoms with Crippen LogP contribution in [0.3, 0.4) is 0 Å². The van der Waals surface area contributed by atoms with Crippen LogP contribution in [-0.2, 0) is 4.79 Å². The van der Waals surface area contributed by atoms with Crippen molar-refractivity contribution in [2.24, 2.45) is 0 Å². The summed E-state index contributed by atoms with van der Waals surface area (Å²) in [5.41, 5.74) is 0. The fourth-order valence-corrected chi connectivity index (χ4v) is 1.66. The Bertz CT molecular complexity index is 421. The molecule has 2 N–H and O–H groups in total. The minimum Gasteiger partial charge on any atom is -0.370 e. The van der Waals surface area contributed by atoms with Gasteiger partial charge in [0.25, 0.3) is 0 Å². The van der Waals surface area contributed by atoms with Gasteiger partial charge in [-0.15, -0.1) is 0 Å². The van der Waals surface area contributed by atoms with Gasteiger partial charge in [0, 0.05) is 26.2 Å². The molecular formula is C13H23N5O. The fourth-order valence-electron chi connectivity index (χ4n) is 1.66. The molecule has 0 saturated carbocycles. The van der Waals surface area contributed by atoms with Gasteiger partial charge in [0.1, 0.15) is 17.5 Å². The van der Waals surface area contributed by atoms with Crippen molar-refractivity contribution in [2.45, 2.75) is 27.2 Å². The summed E-state index contributed by atoms with van der Waals surface area (Å²) in [6.45, 7) is 7.85. The van der Waals surface area contributed by atoms with Gasteiger partial charge in [-0.25, -0.2) is 9.97 Å². The van der Waals surface area contributed by atoms with Crippen LogP contribution in [0.2, 0.25) is 0 Å². The molecule has 1 aromatic heterocycles. The van der Waals surface area contributed by atoms with Crippen molar-refractivity contribution in [1.29, 1.82) is 0 Å². The molecule has 1 heterocycles. The van der Waals surface area contributed by atoms with Gasteiger partial charge in [-0.2, -0.15) is 0 Å². The van der Waals surface area contributed by atoms with E-state index in [1.807, 2.05) is 24.8 Å². The Kier molecular flexibility index (Phi) is 6.05. The molecule has 1 amide bonds. The van der Waals surface area contributed by atoms with Gasteiger partial charge >= 0.3 is 0 Å². The molecule has 19 heavy (non-hydrogen) atoms. The maximum atomic E-state index is 11.5. The molecule has 0 radical (unpaired) electrons. The highest BCUT2D eigenvalue weighted by Crippen LogP contribution is 2.15. The summed E-state index contributed by atoms with van der Waals surface area (Å²) in [6, 6.07) is 1.88. The Labute approximate surface area is 114 Å². The number of anilines is 2. The van der Waals surface area contributed by atoms with Gasteiger partial charge in [-0.1, -0.05) is 6.92 Å². The number of carbonyl (C=O) groups is 1. The topological polar surface area (TPSA) is 70.2 Å². The van der Waals surface area contributed by atoms with Crippen molar-refractivity contribution < 1.29 is 4.79 Å². The molecule has 6 heteroatoms. The summed E-state index contributed by atoms with van der Waals surface area (Å²) >= 11 is 0. The van der Waals surface area contributed by atoms with E-state index in [4.69, 9.17) is 0 Å². The van der Waals surface area contributed by atoms with Gasteiger partial charge < -0.3 is 15.5 Å². The number of amides is 1. The molecule has 0 fully saturated rings. The summed E-state index contributed by atoms with van der Waals surface area (Å²) < 4.78 is 0. The number of aromatic nitrogens is 2. The smallest absolute Gasteiger partial charge is 0.239 e. The maximum absolute atomic E-state index is 11.5. The van der Waals surface area contributed by atoms with Crippen molar-refractivity contribution >= 4 is 17.5 Å². The average Bonchev–Trinajstić information content (AvgIpc) is 2.41. The third kappa shape index (κ3) is 4.73. The predicted molar refractivity (Wildman–Crippen MR) is 77.5 cm³/mol. The number of carbonyl (C=O) groups excluding carboxylic acids is 1. The monoisotopic (exact) mass is 265 g/mol. The van der Waals surface area contributed by atoms with Crippen molar-refractivity contribution in [3.8, 4) is 0 Å². The third-order valence-corrected chi connectivity index (χ3v) is 2.70. The Morgan fingerprint density at radius 3 is 2.68 bits per heavy atom. The van der Waals surface area contributed by atoms with Gasteiger partial charge in [-0.3, -0.25) is 4.79 Å². The number of likely N-dealkylation sites (N-methyl/N-ethyl adjacent to an activating group) is 2. The normalized spacial score (nSPS) is 10.1. The standard InChI is InChI=1S/C13H23N5O/c1-5-7-15-11-8-12(17-10(3)16-11)18(6-2)9-13(19)14-4/h8H,5-7,9H2,1-4H3,(H,14,19)(H,15,16,17). The molecule has 0 aliphatic carbocycles. The van der Waals surface area contributed by atoms with Crippen LogP contribution in [0.4, 0.5) is 11.6 Å². The highest BCUT2D eigenvalue weighted by atomic mass is 16.1. The quantitative estimate of drug-likeness (QED) is 0.774. The molecule has 1 aromatic rings. The Balaban J connectivity index is 2.89. The molecule has 106 valence electrons. The van der Waals surface area contributed by atoms with Crippen LogP contribution in [0.5, 0.6) is 0 Å². The van der Waals surface area contributed by atoms with E-state index in [-0.39, 0.29) is 5.91 Å². The molecule has 1 rings (SSSR count). The summed E-state index contributed by atoms with van der Waals surface area (Å²) in [7, 11) is 1.63. The van der Waals surface area contributed by atoms with Gasteiger partial charge in [0.15, 0.2) is 0 Å². The van der Waals surface area contributed by atoms with Crippen molar-refractivity contribution in [2.75, 3.05) is 36.9 Å². The van der Waals surface area contributed by atoms with E-state index in [2.05, 4.69) is 27.5 Å². The zero-order valence-corrected chi connectivity index (χ0v) is 12.2. The van der Waals surface area contributed by atoms with E-state index in [9.17, 15) is 4.79 Å². The lowest BCUT2D eigenvalue weighted by molar-refractivity contribution is -0.119. The number of hydrogen-bond donors (Lipinski definition) is 2. The van der Waals surface area contributed by atoms with Crippen molar-refractivity contribution in [3.05, 3.63) is 11.9 Å². The number of nitrogens with zero attached hydrogens (tertiary/aromatic N) is 3. The Hall–Kier alpha value is -1.85. The molecule has 0 atom stereocenters. The van der Waals surface area contributed by atoms with Crippen molar-refractivity contribution in [3.63, 3.8) is 0 Å². The summed E-state index contributed by atoms with van der Waals surface area (Å²) in [6.07, 6.45) is 1.04. The van der Waals surface area contributed by atoms with E-state index in [1.165, 1.54) is 0 Å². The van der Waals surface area contributed by atoms with E-state index >= 15 is 0 Å². The summed E-state index contributed by atoms with van der Waals surface area (Å²) in [5.74, 6) is 2.25. The van der Waals surface area contributed by atoms with E-state index < -0.39 is 0 Å². The van der Waals surface area contributed by atoms with E-state index in [1.54, 1.807) is 7.05 Å². The maximum Gasteiger partial charge on any atom is 0.239 e. The summed E-state index contributed by atoms with van der Waals surface area (Å²) in [4.78, 5) is 22.1. The Morgan fingerprint density at radius 2 is 2.11 bits per heavy atom. The molecule has 0 aliphatic heterocycles. The third-order valence-electron chi connectivity index (χ3n) is 2.70. The van der Waals surface area contributed by atoms with Gasteiger partial charge in [-0.05, 0) is 20.3 Å². The zero-order valence-electron chi connectivity index (χ0n) is 12.2. The lowest BCUT2D eigenvalue weighted by atomic mass is 10.4. The van der Waals surface area contributed by atoms with Crippen molar-refractivity contribution in [1.82, 2.24) is 15.3 Å². The minimum atomic E-state index is -0.0267. The van der Waals surface area contributed by atoms with Crippen LogP contribution in [0.1, 0.15) is 26.1 Å². The first-order chi connectivity index (χ1) is 9.10. The molecule has 6 nitrogen and oxygen atoms in total. The second kappa shape index (κ2) is 7.56. The SMILES string of the molecule is CCCNc1cc(N(CC)CC(=O)NC)nc(C)n1. The van der Waals surface area contributed by atoms with Crippen LogP contribution < -0.4 is 15.5 Å². The molecule has 0 aliphatic rings. The number of rotatable bonds is 7. The highest BCUT2D eigenvalue weighted by molar-refractivity contribution is 5.80. The van der Waals surface area contributed by atoms with Gasteiger partial charge in [0.2, 0.25) is 5.91 Å². The summed E-state index contributed by atoms with van der Waals surface area (Å²) in [5, 5.41) is 5.87. The lowest BCUT2D eigenvalue weighted by Crippen LogP contribution is -2.36. The van der Waals surface area contributed by atoms with Crippen LogP contribution in [-0.4, -0.2) is 42.6 Å². The first kappa shape index (κ1) is 15.2. The molecule has 0 spiro atoms. The fraction of sp³-hybridized carbons (Fsp3) is 0.615. The van der Waals surface area contributed by atoms with Crippen LogP contribution in [0.15, 0.2) is 6.07 Å². The Morgan fingerprint density at radius 1 is 1.37 bits per heavy atom. The molecule has 0 saturated heterocycles. The first-order valence-electron chi connectivity index (χ1n) is 6.65. The molecule has 0 aromatic carbocycles. The first-order valence-corrected chi connectivity index (χ1v) is 6.65. The molecular weight excluding hydrogens is 242 g/mol. The predicted octanol–water partition coefficient (Wildman–Crippen LogP) is 1.18. The second-order valence-corrected chi connectivity index (χ2v) is 4.27. The average molecular weight is 265 g/mol. The second-order valence-electron chi connectivity index (χ2n) is 4.27. The number of aryl methyl sites for hydroxylation is 1. The zero-order chi connectivity index (χ0) is 14.3. The molecule has 0 bridgehead atoms. The van der Waals surface area contributed by atoms with Crippen LogP contribution >= 0.6 is 0 Å². The molecule has 0 unspecified atom stereocenters. The minimum absolute atomic E-state index is 0.0267. The lowest BCUT2D eigenvalue weighted by Gasteiger charge is -2.21.